The van der Waals surface area contributed by atoms with Crippen LogP contribution < -0.4 is 10.6 Å². The molecule has 3 rings (SSSR count). The van der Waals surface area contributed by atoms with Crippen LogP contribution in [0.3, 0.4) is 0 Å². The van der Waals surface area contributed by atoms with Crippen molar-refractivity contribution in [3.8, 4) is 0 Å². The predicted molar refractivity (Wildman–Crippen MR) is 124 cm³/mol. The highest BCUT2D eigenvalue weighted by molar-refractivity contribution is 8.00. The van der Waals surface area contributed by atoms with Crippen LogP contribution in [-0.2, 0) is 9.59 Å². The summed E-state index contributed by atoms with van der Waals surface area (Å²) in [6.45, 7) is 1.97. The van der Waals surface area contributed by atoms with Crippen LogP contribution in [0.4, 0.5) is 5.69 Å². The third-order valence-electron chi connectivity index (χ3n) is 4.37. The average Bonchev–Trinajstić information content (AvgIpc) is 3.15. The van der Waals surface area contributed by atoms with Gasteiger partial charge in [-0.05, 0) is 55.2 Å². The smallest absolute Gasteiger partial charge is 0.234 e. The molecule has 2 aromatic heterocycles. The molecule has 0 fully saturated rings. The predicted octanol–water partition coefficient (Wildman–Crippen LogP) is 3.32. The Labute approximate surface area is 184 Å². The number of hydrogen-bond acceptors (Lipinski definition) is 6. The quantitative estimate of drug-likeness (QED) is 0.500. The van der Waals surface area contributed by atoms with Crippen molar-refractivity contribution in [1.82, 2.24) is 19.9 Å². The number of thioether (sulfide) groups is 2. The van der Waals surface area contributed by atoms with Crippen LogP contribution in [0.1, 0.15) is 23.9 Å². The SMILES string of the molecule is CSCCC(NC(=O)CSCC(=O)Nc1cccc(C)c1)c1nnc2ccccn12. The number of nitrogens with zero attached hydrogens (tertiary/aromatic N) is 3. The number of carbonyl (C=O) groups excluding carboxylic acids is 2. The number of benzene rings is 1. The van der Waals surface area contributed by atoms with Gasteiger partial charge in [-0.2, -0.15) is 11.8 Å². The highest BCUT2D eigenvalue weighted by Crippen LogP contribution is 2.18. The average molecular weight is 444 g/mol. The molecule has 2 amide bonds. The first-order chi connectivity index (χ1) is 14.6. The summed E-state index contributed by atoms with van der Waals surface area (Å²) in [6, 6.07) is 13.1. The van der Waals surface area contributed by atoms with Crippen molar-refractivity contribution in [1.29, 1.82) is 0 Å². The second-order valence-corrected chi connectivity index (χ2v) is 8.77. The van der Waals surface area contributed by atoms with E-state index in [1.165, 1.54) is 11.8 Å². The van der Waals surface area contributed by atoms with Crippen molar-refractivity contribution >= 4 is 46.7 Å². The summed E-state index contributed by atoms with van der Waals surface area (Å²) in [5.74, 6) is 1.77. The lowest BCUT2D eigenvalue weighted by atomic mass is 10.2. The molecule has 1 atom stereocenters. The molecule has 0 aliphatic heterocycles. The van der Waals surface area contributed by atoms with Crippen molar-refractivity contribution in [3.05, 3.63) is 60.0 Å². The van der Waals surface area contributed by atoms with Gasteiger partial charge in [0.15, 0.2) is 11.5 Å². The molecule has 9 heteroatoms. The van der Waals surface area contributed by atoms with E-state index in [-0.39, 0.29) is 29.4 Å². The maximum absolute atomic E-state index is 12.5. The Morgan fingerprint density at radius 2 is 1.93 bits per heavy atom. The van der Waals surface area contributed by atoms with Crippen molar-refractivity contribution in [2.75, 3.05) is 28.8 Å². The summed E-state index contributed by atoms with van der Waals surface area (Å²) < 4.78 is 1.90. The lowest BCUT2D eigenvalue weighted by molar-refractivity contribution is -0.119. The van der Waals surface area contributed by atoms with Gasteiger partial charge in [0, 0.05) is 11.9 Å². The third kappa shape index (κ3) is 6.24. The zero-order valence-electron chi connectivity index (χ0n) is 17.0. The Kier molecular flexibility index (Phi) is 8.15. The van der Waals surface area contributed by atoms with E-state index in [0.717, 1.165) is 34.9 Å². The van der Waals surface area contributed by atoms with E-state index in [1.807, 2.05) is 66.2 Å². The van der Waals surface area contributed by atoms with Crippen LogP contribution in [0.15, 0.2) is 48.7 Å². The van der Waals surface area contributed by atoms with E-state index in [9.17, 15) is 9.59 Å². The molecule has 2 N–H and O–H groups in total. The lowest BCUT2D eigenvalue weighted by Crippen LogP contribution is -2.32. The topological polar surface area (TPSA) is 88.4 Å². The number of aryl methyl sites for hydroxylation is 1. The zero-order valence-corrected chi connectivity index (χ0v) is 18.6. The Balaban J connectivity index is 1.52. The molecule has 0 aliphatic carbocycles. The molecule has 0 bridgehead atoms. The molecule has 3 aromatic rings. The van der Waals surface area contributed by atoms with Crippen molar-refractivity contribution in [2.45, 2.75) is 19.4 Å². The number of carbonyl (C=O) groups is 2. The fraction of sp³-hybridized carbons (Fsp3) is 0.333. The Morgan fingerprint density at radius 3 is 2.73 bits per heavy atom. The van der Waals surface area contributed by atoms with Gasteiger partial charge in [0.05, 0.1) is 17.5 Å². The number of amides is 2. The van der Waals surface area contributed by atoms with E-state index in [0.29, 0.717) is 0 Å². The van der Waals surface area contributed by atoms with Gasteiger partial charge in [0.1, 0.15) is 0 Å². The summed E-state index contributed by atoms with van der Waals surface area (Å²) in [5, 5.41) is 14.4. The van der Waals surface area contributed by atoms with Crippen molar-refractivity contribution < 1.29 is 9.59 Å². The van der Waals surface area contributed by atoms with E-state index in [4.69, 9.17) is 0 Å². The number of nitrogens with one attached hydrogen (secondary N) is 2. The monoisotopic (exact) mass is 443 g/mol. The molecular weight excluding hydrogens is 418 g/mol. The number of aromatic nitrogens is 3. The number of rotatable bonds is 10. The fourth-order valence-corrected chi connectivity index (χ4v) is 4.09. The van der Waals surface area contributed by atoms with Crippen molar-refractivity contribution in [3.63, 3.8) is 0 Å². The fourth-order valence-electron chi connectivity index (χ4n) is 2.99. The molecule has 1 unspecified atom stereocenters. The molecule has 0 saturated carbocycles. The van der Waals surface area contributed by atoms with Crippen LogP contribution in [0, 0.1) is 6.92 Å². The van der Waals surface area contributed by atoms with Gasteiger partial charge in [-0.3, -0.25) is 14.0 Å². The minimum Gasteiger partial charge on any atom is -0.345 e. The first kappa shape index (κ1) is 22.2. The summed E-state index contributed by atoms with van der Waals surface area (Å²) >= 11 is 3.00. The Morgan fingerprint density at radius 1 is 1.10 bits per heavy atom. The molecular formula is C21H25N5O2S2. The number of pyridine rings is 1. The molecule has 2 heterocycles. The first-order valence-corrected chi connectivity index (χ1v) is 12.1. The van der Waals surface area contributed by atoms with Gasteiger partial charge in [-0.15, -0.1) is 22.0 Å². The first-order valence-electron chi connectivity index (χ1n) is 9.59. The van der Waals surface area contributed by atoms with Gasteiger partial charge in [-0.1, -0.05) is 18.2 Å². The Hall–Kier alpha value is -2.52. The minimum absolute atomic E-state index is 0.123. The highest BCUT2D eigenvalue weighted by atomic mass is 32.2. The summed E-state index contributed by atoms with van der Waals surface area (Å²) in [6.07, 6.45) is 4.68. The third-order valence-corrected chi connectivity index (χ3v) is 5.94. The molecule has 158 valence electrons. The van der Waals surface area contributed by atoms with Gasteiger partial charge < -0.3 is 10.6 Å². The van der Waals surface area contributed by atoms with Crippen molar-refractivity contribution in [2.24, 2.45) is 0 Å². The minimum atomic E-state index is -0.232. The van der Waals surface area contributed by atoms with Crippen LogP contribution in [0.2, 0.25) is 0 Å². The summed E-state index contributed by atoms with van der Waals surface area (Å²) in [7, 11) is 0. The second-order valence-electron chi connectivity index (χ2n) is 6.80. The molecule has 0 saturated heterocycles. The maximum Gasteiger partial charge on any atom is 0.234 e. The largest absolute Gasteiger partial charge is 0.345 e. The normalized spacial score (nSPS) is 11.9. The molecule has 30 heavy (non-hydrogen) atoms. The lowest BCUT2D eigenvalue weighted by Gasteiger charge is -2.17. The van der Waals surface area contributed by atoms with Gasteiger partial charge in [0.25, 0.3) is 0 Å². The van der Waals surface area contributed by atoms with E-state index >= 15 is 0 Å². The number of fused-ring (bicyclic) bond motifs is 1. The second kappa shape index (κ2) is 11.0. The standard InChI is InChI=1S/C21H25N5O2S2/c1-15-6-5-7-16(12-15)22-19(27)13-30-14-20(28)23-17(9-11-29-2)21-25-24-18-8-3-4-10-26(18)21/h3-8,10,12,17H,9,11,13-14H2,1-2H3,(H,22,27)(H,23,28). The Bertz CT molecular complexity index is 1010. The molecule has 0 radical (unpaired) electrons. The van der Waals surface area contributed by atoms with Gasteiger partial charge in [-0.25, -0.2) is 0 Å². The molecule has 0 spiro atoms. The highest BCUT2D eigenvalue weighted by Gasteiger charge is 2.20. The van der Waals surface area contributed by atoms with Gasteiger partial charge >= 0.3 is 0 Å². The van der Waals surface area contributed by atoms with E-state index in [2.05, 4.69) is 20.8 Å². The van der Waals surface area contributed by atoms with E-state index < -0.39 is 0 Å². The van der Waals surface area contributed by atoms with Crippen LogP contribution in [0.25, 0.3) is 5.65 Å². The summed E-state index contributed by atoms with van der Waals surface area (Å²) in [5.41, 5.74) is 2.59. The van der Waals surface area contributed by atoms with E-state index in [1.54, 1.807) is 11.8 Å². The molecule has 0 aliphatic rings. The number of hydrogen-bond donors (Lipinski definition) is 2. The zero-order chi connectivity index (χ0) is 21.3. The summed E-state index contributed by atoms with van der Waals surface area (Å²) in [4.78, 5) is 24.6. The van der Waals surface area contributed by atoms with Crippen LogP contribution in [-0.4, -0.2) is 49.9 Å². The van der Waals surface area contributed by atoms with Gasteiger partial charge in [0.2, 0.25) is 11.8 Å². The molecule has 7 nitrogen and oxygen atoms in total. The number of anilines is 1. The van der Waals surface area contributed by atoms with Crippen LogP contribution in [0.5, 0.6) is 0 Å². The maximum atomic E-state index is 12.5. The van der Waals surface area contributed by atoms with Crippen LogP contribution >= 0.6 is 23.5 Å². The molecule has 1 aromatic carbocycles.